The summed E-state index contributed by atoms with van der Waals surface area (Å²) in [5.74, 6) is 0.701. The Morgan fingerprint density at radius 1 is 0.821 bits per heavy atom. The fraction of sp³-hybridized carbons (Fsp3) is 0.200. The second-order valence-corrected chi connectivity index (χ2v) is 10.3. The van der Waals surface area contributed by atoms with Gasteiger partial charge in [-0.15, -0.1) is 0 Å². The predicted molar refractivity (Wildman–Crippen MR) is 109 cm³/mol. The fourth-order valence-corrected chi connectivity index (χ4v) is 4.77. The molecule has 0 aliphatic rings. The van der Waals surface area contributed by atoms with Crippen molar-refractivity contribution < 1.29 is 21.6 Å². The molecule has 0 spiro atoms. The summed E-state index contributed by atoms with van der Waals surface area (Å²) in [4.78, 5) is 0.348. The summed E-state index contributed by atoms with van der Waals surface area (Å²) in [7, 11) is -5.47. The lowest BCUT2D eigenvalue weighted by atomic mass is 10.1. The quantitative estimate of drug-likeness (QED) is 0.662. The van der Waals surface area contributed by atoms with Crippen LogP contribution >= 0.6 is 0 Å². The van der Waals surface area contributed by atoms with Crippen LogP contribution in [0.3, 0.4) is 0 Å². The summed E-state index contributed by atoms with van der Waals surface area (Å²) in [6.45, 7) is 1.71. The summed E-state index contributed by atoms with van der Waals surface area (Å²) in [5.41, 5.74) is 0.668. The average molecular weight is 420 g/mol. The molecule has 0 heterocycles. The van der Waals surface area contributed by atoms with E-state index in [9.17, 15) is 16.8 Å². The maximum absolute atomic E-state index is 12.8. The topological polar surface area (TPSA) is 89.5 Å². The van der Waals surface area contributed by atoms with Crippen molar-refractivity contribution >= 4 is 30.6 Å². The molecule has 3 aromatic carbocycles. The lowest BCUT2D eigenvalue weighted by Gasteiger charge is -2.15. The van der Waals surface area contributed by atoms with E-state index in [1.54, 1.807) is 56.5 Å². The second-order valence-electron chi connectivity index (χ2n) is 6.56. The molecule has 3 aromatic rings. The number of hydrogen-bond acceptors (Lipinski definition) is 5. The first-order valence-electron chi connectivity index (χ1n) is 8.50. The number of rotatable bonds is 6. The highest BCUT2D eigenvalue weighted by Crippen LogP contribution is 2.25. The minimum Gasteiger partial charge on any atom is -0.497 e. The van der Waals surface area contributed by atoms with Gasteiger partial charge in [0.25, 0.3) is 0 Å². The molecular weight excluding hydrogens is 398 g/mol. The number of benzene rings is 3. The summed E-state index contributed by atoms with van der Waals surface area (Å²) < 4.78 is 56.5. The highest BCUT2D eigenvalue weighted by atomic mass is 32.2. The van der Waals surface area contributed by atoms with E-state index in [2.05, 4.69) is 4.72 Å². The normalized spacial score (nSPS) is 13.4. The summed E-state index contributed by atoms with van der Waals surface area (Å²) in [6, 6.07) is 15.9. The van der Waals surface area contributed by atoms with E-state index in [1.165, 1.54) is 12.1 Å². The molecule has 1 atom stereocenters. The Morgan fingerprint density at radius 2 is 1.39 bits per heavy atom. The maximum atomic E-state index is 12.8. The van der Waals surface area contributed by atoms with E-state index in [1.807, 2.05) is 6.07 Å². The van der Waals surface area contributed by atoms with Crippen molar-refractivity contribution in [3.05, 3.63) is 66.2 Å². The van der Waals surface area contributed by atoms with Crippen LogP contribution in [0.1, 0.15) is 18.5 Å². The molecule has 0 aliphatic carbocycles. The van der Waals surface area contributed by atoms with Crippen molar-refractivity contribution in [2.75, 3.05) is 13.4 Å². The number of fused-ring (bicyclic) bond motifs is 1. The molecule has 28 heavy (non-hydrogen) atoms. The van der Waals surface area contributed by atoms with Gasteiger partial charge >= 0.3 is 0 Å². The standard InChI is InChI=1S/C20H21NO5S2/c1-14(15-5-9-19(10-6-15)27(3,22)23)21-28(24,25)20-11-7-16-12-18(26-2)8-4-17(16)13-20/h4-14,21H,1-3H3/t14-/m0/s1. The Bertz CT molecular complexity index is 1220. The van der Waals surface area contributed by atoms with Crippen molar-refractivity contribution in [1.29, 1.82) is 0 Å². The smallest absolute Gasteiger partial charge is 0.241 e. The van der Waals surface area contributed by atoms with E-state index >= 15 is 0 Å². The lowest BCUT2D eigenvalue weighted by molar-refractivity contribution is 0.415. The molecule has 1 N–H and O–H groups in total. The van der Waals surface area contributed by atoms with Crippen molar-refractivity contribution in [3.63, 3.8) is 0 Å². The number of methoxy groups -OCH3 is 1. The van der Waals surface area contributed by atoms with Crippen molar-refractivity contribution in [1.82, 2.24) is 4.72 Å². The van der Waals surface area contributed by atoms with Gasteiger partial charge in [0.1, 0.15) is 5.75 Å². The third-order valence-electron chi connectivity index (χ3n) is 4.47. The molecule has 6 nitrogen and oxygen atoms in total. The Balaban J connectivity index is 1.85. The number of ether oxygens (including phenoxy) is 1. The molecule has 148 valence electrons. The third kappa shape index (κ3) is 4.35. The molecule has 8 heteroatoms. The first-order valence-corrected chi connectivity index (χ1v) is 11.9. The van der Waals surface area contributed by atoms with Crippen LogP contribution in [0.2, 0.25) is 0 Å². The van der Waals surface area contributed by atoms with Gasteiger partial charge < -0.3 is 4.74 Å². The van der Waals surface area contributed by atoms with Gasteiger partial charge in [-0.2, -0.15) is 0 Å². The van der Waals surface area contributed by atoms with E-state index in [0.717, 1.165) is 17.0 Å². The molecule has 0 radical (unpaired) electrons. The van der Waals surface area contributed by atoms with Crippen LogP contribution in [-0.2, 0) is 19.9 Å². The summed E-state index contributed by atoms with van der Waals surface area (Å²) in [6.07, 6.45) is 1.13. The average Bonchev–Trinajstić information content (AvgIpc) is 2.66. The summed E-state index contributed by atoms with van der Waals surface area (Å²) >= 11 is 0. The predicted octanol–water partition coefficient (Wildman–Crippen LogP) is 3.29. The molecule has 0 amide bonds. The minimum atomic E-state index is -3.75. The molecule has 0 aliphatic heterocycles. The Morgan fingerprint density at radius 3 is 2.00 bits per heavy atom. The van der Waals surface area contributed by atoms with Crippen LogP contribution in [0, 0.1) is 0 Å². The van der Waals surface area contributed by atoms with Gasteiger partial charge in [0.2, 0.25) is 10.0 Å². The van der Waals surface area contributed by atoms with Gasteiger partial charge in [-0.1, -0.05) is 24.3 Å². The largest absolute Gasteiger partial charge is 0.497 e. The van der Waals surface area contributed by atoms with Crippen LogP contribution in [-0.4, -0.2) is 30.2 Å². The zero-order chi connectivity index (χ0) is 20.5. The van der Waals surface area contributed by atoms with Gasteiger partial charge in [-0.3, -0.25) is 0 Å². The number of nitrogens with one attached hydrogen (secondary N) is 1. The molecule has 0 unspecified atom stereocenters. The number of sulfone groups is 1. The van der Waals surface area contributed by atoms with E-state index in [4.69, 9.17) is 4.74 Å². The van der Waals surface area contributed by atoms with Crippen molar-refractivity contribution in [3.8, 4) is 5.75 Å². The van der Waals surface area contributed by atoms with Crippen molar-refractivity contribution in [2.24, 2.45) is 0 Å². The monoisotopic (exact) mass is 419 g/mol. The Hall–Kier alpha value is -2.42. The van der Waals surface area contributed by atoms with Gasteiger partial charge in [-0.05, 0) is 59.7 Å². The van der Waals surface area contributed by atoms with Crippen molar-refractivity contribution in [2.45, 2.75) is 22.8 Å². The maximum Gasteiger partial charge on any atom is 0.241 e. The van der Waals surface area contributed by atoms with Gasteiger partial charge in [0, 0.05) is 12.3 Å². The van der Waals surface area contributed by atoms with E-state index in [-0.39, 0.29) is 9.79 Å². The van der Waals surface area contributed by atoms with Crippen LogP contribution in [0.15, 0.2) is 70.5 Å². The first-order chi connectivity index (χ1) is 13.1. The molecule has 0 bridgehead atoms. The first kappa shape index (κ1) is 20.3. The highest BCUT2D eigenvalue weighted by Gasteiger charge is 2.19. The molecule has 0 fully saturated rings. The highest BCUT2D eigenvalue weighted by molar-refractivity contribution is 7.90. The Labute approximate surface area is 165 Å². The fourth-order valence-electron chi connectivity index (χ4n) is 2.87. The lowest BCUT2D eigenvalue weighted by Crippen LogP contribution is -2.26. The molecule has 0 aromatic heterocycles. The second kappa shape index (κ2) is 7.54. The zero-order valence-electron chi connectivity index (χ0n) is 15.7. The molecule has 0 saturated heterocycles. The van der Waals surface area contributed by atoms with E-state index in [0.29, 0.717) is 11.3 Å². The van der Waals surface area contributed by atoms with Gasteiger partial charge in [0.15, 0.2) is 9.84 Å². The SMILES string of the molecule is COc1ccc2cc(S(=O)(=O)N[C@@H](C)c3ccc(S(C)(=O)=O)cc3)ccc2c1. The Kier molecular flexibility index (Phi) is 5.47. The summed E-state index contributed by atoms with van der Waals surface area (Å²) in [5, 5.41) is 1.66. The number of hydrogen-bond donors (Lipinski definition) is 1. The number of sulfonamides is 1. The van der Waals surface area contributed by atoms with E-state index < -0.39 is 25.9 Å². The van der Waals surface area contributed by atoms with Crippen LogP contribution < -0.4 is 9.46 Å². The van der Waals surface area contributed by atoms with Gasteiger partial charge in [0.05, 0.1) is 16.9 Å². The molecule has 3 rings (SSSR count). The third-order valence-corrected chi connectivity index (χ3v) is 7.14. The minimum absolute atomic E-state index is 0.157. The zero-order valence-corrected chi connectivity index (χ0v) is 17.3. The molecular formula is C20H21NO5S2. The van der Waals surface area contributed by atoms with Gasteiger partial charge in [-0.25, -0.2) is 21.6 Å². The van der Waals surface area contributed by atoms with Crippen LogP contribution in [0.5, 0.6) is 5.75 Å². The van der Waals surface area contributed by atoms with Crippen LogP contribution in [0.25, 0.3) is 10.8 Å². The molecule has 0 saturated carbocycles. The van der Waals surface area contributed by atoms with Crippen LogP contribution in [0.4, 0.5) is 0 Å².